The van der Waals surface area contributed by atoms with E-state index in [9.17, 15) is 18.7 Å². The number of thiazole rings is 1. The van der Waals surface area contributed by atoms with E-state index in [-0.39, 0.29) is 29.1 Å². The molecule has 0 bridgehead atoms. The minimum Gasteiger partial charge on any atom is -0.394 e. The fraction of sp³-hybridized carbons (Fsp3) is 0.300. The molecule has 3 rings (SSSR count). The molecule has 0 aliphatic heterocycles. The summed E-state index contributed by atoms with van der Waals surface area (Å²) in [6.45, 7) is 4.81. The molecule has 0 spiro atoms. The van der Waals surface area contributed by atoms with Gasteiger partial charge in [0.25, 0.3) is 5.91 Å². The van der Waals surface area contributed by atoms with Crippen molar-refractivity contribution in [3.05, 3.63) is 52.5 Å². The lowest BCUT2D eigenvalue weighted by molar-refractivity contribution is -0.0295. The van der Waals surface area contributed by atoms with Crippen LogP contribution < -0.4 is 10.8 Å². The van der Waals surface area contributed by atoms with Gasteiger partial charge in [-0.2, -0.15) is 0 Å². The molecule has 10 heteroatoms. The van der Waals surface area contributed by atoms with Gasteiger partial charge in [-0.1, -0.05) is 19.9 Å². The largest absolute Gasteiger partial charge is 0.394 e. The standard InChI is InChI=1S/C18H17F2N3O4S.C2H6/c1-9-2-3-13(12(19)4-9)22-16-11(18(26)23-27-7-10(25)6-24)5-14-17(15(16)20)21-8-28-14;1-2/h2-5,8,10,22,24-25H,6-7H2,1H3,(H,23,26);1-2H3. The van der Waals surface area contributed by atoms with Crippen LogP contribution in [0.2, 0.25) is 0 Å². The number of halogens is 2. The second-order valence-electron chi connectivity index (χ2n) is 6.00. The van der Waals surface area contributed by atoms with E-state index in [1.165, 1.54) is 23.7 Å². The summed E-state index contributed by atoms with van der Waals surface area (Å²) in [5.74, 6) is -2.22. The van der Waals surface area contributed by atoms with Crippen molar-refractivity contribution < 1.29 is 28.6 Å². The number of aryl methyl sites for hydroxylation is 1. The number of rotatable bonds is 7. The second kappa shape index (κ2) is 10.9. The van der Waals surface area contributed by atoms with Crippen molar-refractivity contribution in [2.45, 2.75) is 26.9 Å². The fourth-order valence-corrected chi connectivity index (χ4v) is 3.14. The summed E-state index contributed by atoms with van der Waals surface area (Å²) < 4.78 is 29.6. The third-order valence-corrected chi connectivity index (χ3v) is 4.62. The van der Waals surface area contributed by atoms with E-state index in [0.29, 0.717) is 10.3 Å². The minimum atomic E-state index is -1.18. The monoisotopic (exact) mass is 439 g/mol. The first-order valence-corrected chi connectivity index (χ1v) is 10.1. The topological polar surface area (TPSA) is 104 Å². The third-order valence-electron chi connectivity index (χ3n) is 3.85. The van der Waals surface area contributed by atoms with Gasteiger partial charge in [0.05, 0.1) is 33.8 Å². The highest BCUT2D eigenvalue weighted by molar-refractivity contribution is 7.16. The van der Waals surface area contributed by atoms with Crippen molar-refractivity contribution in [2.24, 2.45) is 0 Å². The van der Waals surface area contributed by atoms with Gasteiger partial charge in [-0.3, -0.25) is 9.63 Å². The van der Waals surface area contributed by atoms with Crippen molar-refractivity contribution >= 4 is 38.8 Å². The van der Waals surface area contributed by atoms with Gasteiger partial charge in [-0.05, 0) is 30.7 Å². The molecule has 0 saturated heterocycles. The zero-order chi connectivity index (χ0) is 22.3. The first-order valence-electron chi connectivity index (χ1n) is 9.20. The normalized spacial score (nSPS) is 11.6. The van der Waals surface area contributed by atoms with Crippen LogP contribution in [0, 0.1) is 18.6 Å². The average Bonchev–Trinajstić information content (AvgIpc) is 3.21. The number of anilines is 2. The molecule has 1 atom stereocenters. The Balaban J connectivity index is 0.00000155. The number of benzene rings is 2. The molecule has 0 aliphatic rings. The number of carbonyl (C=O) groups is 1. The smallest absolute Gasteiger partial charge is 0.277 e. The first kappa shape index (κ1) is 23.6. The van der Waals surface area contributed by atoms with Crippen molar-refractivity contribution in [2.75, 3.05) is 18.5 Å². The number of hydroxylamine groups is 1. The van der Waals surface area contributed by atoms with Gasteiger partial charge in [-0.25, -0.2) is 19.2 Å². The number of nitrogens with one attached hydrogen (secondary N) is 2. The van der Waals surface area contributed by atoms with Crippen LogP contribution in [0.25, 0.3) is 10.2 Å². The van der Waals surface area contributed by atoms with Crippen LogP contribution in [-0.2, 0) is 4.84 Å². The first-order chi connectivity index (χ1) is 14.4. The lowest BCUT2D eigenvalue weighted by atomic mass is 10.1. The van der Waals surface area contributed by atoms with Crippen LogP contribution in [-0.4, -0.2) is 40.4 Å². The number of aromatic nitrogens is 1. The van der Waals surface area contributed by atoms with Crippen LogP contribution in [0.1, 0.15) is 29.8 Å². The Labute approximate surface area is 176 Å². The number of amides is 1. The zero-order valence-corrected chi connectivity index (χ0v) is 17.5. The maximum Gasteiger partial charge on any atom is 0.277 e. The van der Waals surface area contributed by atoms with Gasteiger partial charge in [0.2, 0.25) is 0 Å². The van der Waals surface area contributed by atoms with Gasteiger partial charge in [0.1, 0.15) is 24.0 Å². The molecule has 1 heterocycles. The lowest BCUT2D eigenvalue weighted by Gasteiger charge is -2.15. The summed E-state index contributed by atoms with van der Waals surface area (Å²) in [5.41, 5.74) is 3.84. The number of hydrogen-bond donors (Lipinski definition) is 4. The summed E-state index contributed by atoms with van der Waals surface area (Å²) in [6, 6.07) is 5.77. The Hall–Kier alpha value is -2.66. The Morgan fingerprint density at radius 1 is 1.30 bits per heavy atom. The van der Waals surface area contributed by atoms with Gasteiger partial charge in [0, 0.05) is 0 Å². The zero-order valence-electron chi connectivity index (χ0n) is 16.7. The van der Waals surface area contributed by atoms with Crippen molar-refractivity contribution in [1.29, 1.82) is 0 Å². The minimum absolute atomic E-state index is 0.00949. The highest BCUT2D eigenvalue weighted by Crippen LogP contribution is 2.33. The maximum absolute atomic E-state index is 15.0. The average molecular weight is 439 g/mol. The number of carbonyl (C=O) groups excluding carboxylic acids is 1. The number of aliphatic hydroxyl groups is 2. The summed E-state index contributed by atoms with van der Waals surface area (Å²) in [7, 11) is 0. The van der Waals surface area contributed by atoms with Crippen LogP contribution in [0.3, 0.4) is 0 Å². The fourth-order valence-electron chi connectivity index (χ4n) is 2.43. The second-order valence-corrected chi connectivity index (χ2v) is 6.89. The molecule has 0 fully saturated rings. The molecule has 0 aliphatic carbocycles. The number of aliphatic hydroxyl groups excluding tert-OH is 2. The number of fused-ring (bicyclic) bond motifs is 1. The molecule has 1 aromatic heterocycles. The Morgan fingerprint density at radius 3 is 2.70 bits per heavy atom. The predicted octanol–water partition coefficient (Wildman–Crippen LogP) is 3.67. The molecule has 30 heavy (non-hydrogen) atoms. The molecular formula is C20H23F2N3O4S. The highest BCUT2D eigenvalue weighted by atomic mass is 32.1. The summed E-state index contributed by atoms with van der Waals surface area (Å²) >= 11 is 1.14. The van der Waals surface area contributed by atoms with E-state index in [1.807, 2.05) is 13.8 Å². The van der Waals surface area contributed by atoms with E-state index in [0.717, 1.165) is 11.3 Å². The quantitative estimate of drug-likeness (QED) is 0.419. The van der Waals surface area contributed by atoms with E-state index in [4.69, 9.17) is 9.94 Å². The molecular weight excluding hydrogens is 416 g/mol. The van der Waals surface area contributed by atoms with Gasteiger partial charge in [-0.15, -0.1) is 11.3 Å². The summed E-state index contributed by atoms with van der Waals surface area (Å²) in [4.78, 5) is 21.3. The van der Waals surface area contributed by atoms with E-state index >= 15 is 0 Å². The Bertz CT molecular complexity index is 1010. The number of hydrogen-bond acceptors (Lipinski definition) is 7. The molecule has 162 valence electrons. The van der Waals surface area contributed by atoms with E-state index < -0.39 is 30.3 Å². The molecule has 0 radical (unpaired) electrons. The molecule has 1 amide bonds. The summed E-state index contributed by atoms with van der Waals surface area (Å²) in [6.07, 6.45) is -1.18. The molecule has 0 saturated carbocycles. The summed E-state index contributed by atoms with van der Waals surface area (Å²) in [5, 5.41) is 20.6. The SMILES string of the molecule is CC.Cc1ccc(Nc2c(C(=O)NOCC(O)CO)cc3scnc3c2F)c(F)c1. The Kier molecular flexibility index (Phi) is 8.60. The number of nitrogens with zero attached hydrogens (tertiary/aromatic N) is 1. The molecule has 1 unspecified atom stereocenters. The van der Waals surface area contributed by atoms with Crippen molar-refractivity contribution in [3.8, 4) is 0 Å². The van der Waals surface area contributed by atoms with E-state index in [2.05, 4.69) is 15.8 Å². The molecule has 4 N–H and O–H groups in total. The van der Waals surface area contributed by atoms with Crippen LogP contribution in [0.5, 0.6) is 0 Å². The van der Waals surface area contributed by atoms with Gasteiger partial charge < -0.3 is 15.5 Å². The van der Waals surface area contributed by atoms with Crippen molar-refractivity contribution in [3.63, 3.8) is 0 Å². The van der Waals surface area contributed by atoms with Crippen LogP contribution in [0.15, 0.2) is 29.8 Å². The predicted molar refractivity (Wildman–Crippen MR) is 112 cm³/mol. The van der Waals surface area contributed by atoms with Gasteiger partial charge >= 0.3 is 0 Å². The molecule has 3 aromatic rings. The third kappa shape index (κ3) is 5.48. The maximum atomic E-state index is 15.0. The van der Waals surface area contributed by atoms with Crippen LogP contribution in [0.4, 0.5) is 20.2 Å². The molecule has 2 aromatic carbocycles. The van der Waals surface area contributed by atoms with Crippen molar-refractivity contribution in [1.82, 2.24) is 10.5 Å². The van der Waals surface area contributed by atoms with E-state index in [1.54, 1.807) is 13.0 Å². The van der Waals surface area contributed by atoms with Gasteiger partial charge in [0.15, 0.2) is 5.82 Å². The molecule has 7 nitrogen and oxygen atoms in total. The lowest BCUT2D eigenvalue weighted by Crippen LogP contribution is -2.30. The Morgan fingerprint density at radius 2 is 2.03 bits per heavy atom. The van der Waals surface area contributed by atoms with Crippen LogP contribution >= 0.6 is 11.3 Å². The highest BCUT2D eigenvalue weighted by Gasteiger charge is 2.22.